The smallest absolute Gasteiger partial charge is 0.151 e. The van der Waals surface area contributed by atoms with Crippen molar-refractivity contribution in [2.45, 2.75) is 25.8 Å². The Balaban J connectivity index is 2.51. The molecule has 0 aliphatic carbocycles. The lowest BCUT2D eigenvalue weighted by atomic mass is 10.1. The average molecular weight is 220 g/mol. The van der Waals surface area contributed by atoms with Crippen LogP contribution in [-0.2, 0) is 9.84 Å². The average Bonchev–Trinajstić information content (AvgIpc) is 2.10. The van der Waals surface area contributed by atoms with Gasteiger partial charge in [-0.05, 0) is 26.8 Å². The lowest BCUT2D eigenvalue weighted by Crippen LogP contribution is -2.46. The van der Waals surface area contributed by atoms with Crippen LogP contribution in [0, 0.1) is 0 Å². The van der Waals surface area contributed by atoms with Crippen LogP contribution in [0.5, 0.6) is 0 Å². The molecule has 0 bridgehead atoms. The molecule has 1 aliphatic heterocycles. The summed E-state index contributed by atoms with van der Waals surface area (Å²) >= 11 is 0. The molecule has 1 heterocycles. The standard InChI is InChI=1S/C9H20N2O2S/c1-9(2,10)8-11-4-3-6-14(12,13)7-5-11/h3-8,10H2,1-2H3. The van der Waals surface area contributed by atoms with Crippen LogP contribution in [0.2, 0.25) is 0 Å². The summed E-state index contributed by atoms with van der Waals surface area (Å²) < 4.78 is 22.6. The molecule has 1 aliphatic rings. The summed E-state index contributed by atoms with van der Waals surface area (Å²) in [5, 5.41) is 0. The normalized spacial score (nSPS) is 24.5. The van der Waals surface area contributed by atoms with E-state index in [2.05, 4.69) is 4.90 Å². The minimum Gasteiger partial charge on any atom is -0.324 e. The highest BCUT2D eigenvalue weighted by Gasteiger charge is 2.22. The summed E-state index contributed by atoms with van der Waals surface area (Å²) in [6.07, 6.45) is 0.735. The van der Waals surface area contributed by atoms with E-state index in [0.717, 1.165) is 19.5 Å². The van der Waals surface area contributed by atoms with Crippen molar-refractivity contribution < 1.29 is 8.42 Å². The summed E-state index contributed by atoms with van der Waals surface area (Å²) in [7, 11) is -2.79. The lowest BCUT2D eigenvalue weighted by Gasteiger charge is -2.28. The van der Waals surface area contributed by atoms with Crippen LogP contribution in [0.25, 0.3) is 0 Å². The summed E-state index contributed by atoms with van der Waals surface area (Å²) in [6, 6.07) is 0. The summed E-state index contributed by atoms with van der Waals surface area (Å²) in [6.45, 7) is 6.17. The maximum Gasteiger partial charge on any atom is 0.151 e. The van der Waals surface area contributed by atoms with E-state index in [1.54, 1.807) is 0 Å². The largest absolute Gasteiger partial charge is 0.324 e. The molecule has 0 aromatic rings. The Hall–Kier alpha value is -0.130. The Labute approximate surface area is 86.4 Å². The zero-order valence-electron chi connectivity index (χ0n) is 8.99. The number of rotatable bonds is 2. The number of hydrogen-bond donors (Lipinski definition) is 1. The van der Waals surface area contributed by atoms with Gasteiger partial charge in [-0.3, -0.25) is 0 Å². The topological polar surface area (TPSA) is 63.4 Å². The Morgan fingerprint density at radius 3 is 2.50 bits per heavy atom. The molecule has 14 heavy (non-hydrogen) atoms. The van der Waals surface area contributed by atoms with E-state index in [-0.39, 0.29) is 11.3 Å². The van der Waals surface area contributed by atoms with Crippen LogP contribution in [0.3, 0.4) is 0 Å². The molecule has 0 aromatic heterocycles. The van der Waals surface area contributed by atoms with Crippen LogP contribution in [-0.4, -0.2) is 50.0 Å². The second-order valence-electron chi connectivity index (χ2n) is 4.77. The third kappa shape index (κ3) is 4.39. The van der Waals surface area contributed by atoms with Crippen LogP contribution < -0.4 is 5.73 Å². The first-order chi connectivity index (χ1) is 6.29. The Kier molecular flexibility index (Phi) is 3.55. The first-order valence-electron chi connectivity index (χ1n) is 5.00. The molecule has 5 heteroatoms. The van der Waals surface area contributed by atoms with E-state index < -0.39 is 9.84 Å². The molecule has 1 saturated heterocycles. The quantitative estimate of drug-likeness (QED) is 0.702. The van der Waals surface area contributed by atoms with E-state index in [4.69, 9.17) is 5.73 Å². The highest BCUT2D eigenvalue weighted by molar-refractivity contribution is 7.91. The van der Waals surface area contributed by atoms with Gasteiger partial charge in [-0.25, -0.2) is 8.42 Å². The molecule has 0 radical (unpaired) electrons. The molecule has 2 N–H and O–H groups in total. The van der Waals surface area contributed by atoms with Crippen molar-refractivity contribution in [2.75, 3.05) is 31.1 Å². The van der Waals surface area contributed by atoms with E-state index >= 15 is 0 Å². The lowest BCUT2D eigenvalue weighted by molar-refractivity contribution is 0.241. The minimum atomic E-state index is -2.79. The molecule has 1 fully saturated rings. The molecule has 0 spiro atoms. The monoisotopic (exact) mass is 220 g/mol. The van der Waals surface area contributed by atoms with Crippen molar-refractivity contribution in [1.29, 1.82) is 0 Å². The Bertz CT molecular complexity index is 280. The Morgan fingerprint density at radius 2 is 1.93 bits per heavy atom. The molecule has 1 rings (SSSR count). The van der Waals surface area contributed by atoms with Crippen LogP contribution in [0.1, 0.15) is 20.3 Å². The highest BCUT2D eigenvalue weighted by atomic mass is 32.2. The fourth-order valence-electron chi connectivity index (χ4n) is 1.72. The van der Waals surface area contributed by atoms with Gasteiger partial charge < -0.3 is 10.6 Å². The third-order valence-corrected chi connectivity index (χ3v) is 3.99. The van der Waals surface area contributed by atoms with Gasteiger partial charge in [0.15, 0.2) is 9.84 Å². The molecule has 0 aromatic carbocycles. The van der Waals surface area contributed by atoms with Gasteiger partial charge in [0.25, 0.3) is 0 Å². The summed E-state index contributed by atoms with van der Waals surface area (Å²) in [5.74, 6) is 0.609. The zero-order chi connectivity index (χ0) is 10.8. The molecule has 0 amide bonds. The fraction of sp³-hybridized carbons (Fsp3) is 1.00. The van der Waals surface area contributed by atoms with Gasteiger partial charge in [0.1, 0.15) is 0 Å². The van der Waals surface area contributed by atoms with Gasteiger partial charge >= 0.3 is 0 Å². The summed E-state index contributed by atoms with van der Waals surface area (Å²) in [5.41, 5.74) is 5.65. The zero-order valence-corrected chi connectivity index (χ0v) is 9.81. The van der Waals surface area contributed by atoms with E-state index in [0.29, 0.717) is 12.3 Å². The van der Waals surface area contributed by atoms with Gasteiger partial charge in [-0.15, -0.1) is 0 Å². The van der Waals surface area contributed by atoms with Crippen LogP contribution >= 0.6 is 0 Å². The van der Waals surface area contributed by atoms with E-state index in [9.17, 15) is 8.42 Å². The van der Waals surface area contributed by atoms with Crippen molar-refractivity contribution in [2.24, 2.45) is 5.73 Å². The predicted octanol–water partition coefficient (Wildman–Crippen LogP) is -0.156. The van der Waals surface area contributed by atoms with Gasteiger partial charge in [-0.1, -0.05) is 0 Å². The number of nitrogens with two attached hydrogens (primary N) is 1. The Morgan fingerprint density at radius 1 is 1.29 bits per heavy atom. The van der Waals surface area contributed by atoms with Gasteiger partial charge in [0.2, 0.25) is 0 Å². The second kappa shape index (κ2) is 4.16. The molecule has 0 atom stereocenters. The third-order valence-electron chi connectivity index (χ3n) is 2.28. The van der Waals surface area contributed by atoms with Crippen LogP contribution in [0.15, 0.2) is 0 Å². The van der Waals surface area contributed by atoms with Crippen molar-refractivity contribution in [3.63, 3.8) is 0 Å². The maximum absolute atomic E-state index is 11.3. The highest BCUT2D eigenvalue weighted by Crippen LogP contribution is 2.08. The fourth-order valence-corrected chi connectivity index (χ4v) is 3.03. The number of nitrogens with zero attached hydrogens (tertiary/aromatic N) is 1. The van der Waals surface area contributed by atoms with Crippen molar-refractivity contribution in [3.8, 4) is 0 Å². The molecule has 4 nitrogen and oxygen atoms in total. The van der Waals surface area contributed by atoms with Crippen molar-refractivity contribution in [1.82, 2.24) is 4.90 Å². The molecule has 84 valence electrons. The first-order valence-corrected chi connectivity index (χ1v) is 6.82. The van der Waals surface area contributed by atoms with Crippen molar-refractivity contribution >= 4 is 9.84 Å². The van der Waals surface area contributed by atoms with Gasteiger partial charge in [0.05, 0.1) is 11.5 Å². The van der Waals surface area contributed by atoms with Crippen LogP contribution in [0.4, 0.5) is 0 Å². The summed E-state index contributed by atoms with van der Waals surface area (Å²) in [4.78, 5) is 2.14. The molecule has 0 saturated carbocycles. The molecule has 0 unspecified atom stereocenters. The van der Waals surface area contributed by atoms with E-state index in [1.165, 1.54) is 0 Å². The SMILES string of the molecule is CC(C)(N)CN1CCCS(=O)(=O)CC1. The second-order valence-corrected chi connectivity index (χ2v) is 7.07. The molecular formula is C9H20N2O2S. The first kappa shape index (κ1) is 11.9. The van der Waals surface area contributed by atoms with Crippen molar-refractivity contribution in [3.05, 3.63) is 0 Å². The maximum atomic E-state index is 11.3. The number of sulfone groups is 1. The molecular weight excluding hydrogens is 200 g/mol. The van der Waals surface area contributed by atoms with Gasteiger partial charge in [0, 0.05) is 18.6 Å². The van der Waals surface area contributed by atoms with E-state index in [1.807, 2.05) is 13.8 Å². The van der Waals surface area contributed by atoms with Gasteiger partial charge in [-0.2, -0.15) is 0 Å². The minimum absolute atomic E-state index is 0.242. The number of hydrogen-bond acceptors (Lipinski definition) is 4. The predicted molar refractivity (Wildman–Crippen MR) is 58.0 cm³/mol.